The zero-order valence-electron chi connectivity index (χ0n) is 20.9. The maximum atomic E-state index is 12.8. The van der Waals surface area contributed by atoms with Gasteiger partial charge in [-0.15, -0.1) is 0 Å². The van der Waals surface area contributed by atoms with Crippen molar-refractivity contribution in [2.75, 3.05) is 19.7 Å². The lowest BCUT2D eigenvalue weighted by molar-refractivity contribution is 0.186. The van der Waals surface area contributed by atoms with Crippen molar-refractivity contribution >= 4 is 6.21 Å². The Morgan fingerprint density at radius 2 is 1.85 bits per heavy atom. The van der Waals surface area contributed by atoms with E-state index in [2.05, 4.69) is 17.0 Å². The molecule has 6 nitrogen and oxygen atoms in total. The first-order chi connectivity index (χ1) is 16.2. The normalized spacial score (nSPS) is 21.1. The molecule has 1 saturated heterocycles. The van der Waals surface area contributed by atoms with Gasteiger partial charge < -0.3 is 9.47 Å². The van der Waals surface area contributed by atoms with E-state index in [1.54, 1.807) is 12.3 Å². The Labute approximate surface area is 202 Å². The molecule has 2 aromatic rings. The van der Waals surface area contributed by atoms with Crippen molar-refractivity contribution in [3.05, 3.63) is 67.7 Å². The molecule has 0 aliphatic carbocycles. The molecule has 0 saturated carbocycles. The van der Waals surface area contributed by atoms with Crippen molar-refractivity contribution in [3.63, 3.8) is 0 Å². The molecule has 2 aromatic carbocycles. The van der Waals surface area contributed by atoms with Crippen molar-refractivity contribution in [1.82, 2.24) is 4.90 Å². The second-order valence-electron chi connectivity index (χ2n) is 10.7. The molecular formula is C28H36N2O4. The molecule has 182 valence electrons. The molecular weight excluding hydrogens is 428 g/mol. The van der Waals surface area contributed by atoms with Crippen LogP contribution in [0.2, 0.25) is 0 Å². The Morgan fingerprint density at radius 1 is 1.09 bits per heavy atom. The smallest absolute Gasteiger partial charge is 0.268 e. The van der Waals surface area contributed by atoms with Crippen molar-refractivity contribution in [1.29, 1.82) is 0 Å². The van der Waals surface area contributed by atoms with Gasteiger partial charge >= 0.3 is 0 Å². The first-order valence-corrected chi connectivity index (χ1v) is 12.5. The van der Waals surface area contributed by atoms with Gasteiger partial charge in [-0.05, 0) is 61.5 Å². The van der Waals surface area contributed by atoms with Crippen LogP contribution in [0.15, 0.2) is 50.7 Å². The summed E-state index contributed by atoms with van der Waals surface area (Å²) >= 11 is 0. The van der Waals surface area contributed by atoms with Gasteiger partial charge in [0.1, 0.15) is 11.5 Å². The van der Waals surface area contributed by atoms with Crippen LogP contribution in [0.3, 0.4) is 0 Å². The number of rotatable bonds is 9. The average Bonchev–Trinajstić information content (AvgIpc) is 3.18. The molecule has 0 N–H and O–H groups in total. The minimum atomic E-state index is -1.02. The minimum absolute atomic E-state index is 0.140. The summed E-state index contributed by atoms with van der Waals surface area (Å²) in [7, 11) is 0. The van der Waals surface area contributed by atoms with Crippen LogP contribution in [0.5, 0.6) is 11.5 Å². The number of aliphatic imine (C=N–C) groups is 1. The zero-order valence-corrected chi connectivity index (χ0v) is 20.9. The number of allylic oxidation sites excluding steroid dienone is 1. The number of ether oxygens (including phenoxy) is 2. The summed E-state index contributed by atoms with van der Waals surface area (Å²) in [4.78, 5) is 32.4. The number of likely N-dealkylation sites (tertiary alicyclic amines) is 1. The molecule has 4 rings (SSSR count). The van der Waals surface area contributed by atoms with Gasteiger partial charge in [-0.2, -0.15) is 0 Å². The van der Waals surface area contributed by atoms with E-state index in [4.69, 9.17) is 14.5 Å². The van der Waals surface area contributed by atoms with E-state index < -0.39 is 16.4 Å². The molecule has 1 fully saturated rings. The number of hydrogen-bond acceptors (Lipinski definition) is 6. The molecule has 0 bridgehead atoms. The summed E-state index contributed by atoms with van der Waals surface area (Å²) in [6.07, 6.45) is 8.61. The van der Waals surface area contributed by atoms with E-state index >= 15 is 0 Å². The lowest BCUT2D eigenvalue weighted by Crippen LogP contribution is -2.46. The summed E-state index contributed by atoms with van der Waals surface area (Å²) < 4.78 is 12.2. The minimum Gasteiger partial charge on any atom is -0.488 e. The van der Waals surface area contributed by atoms with Gasteiger partial charge in [0, 0.05) is 12.8 Å². The van der Waals surface area contributed by atoms with Crippen molar-refractivity contribution in [2.24, 2.45) is 10.4 Å². The van der Waals surface area contributed by atoms with Crippen molar-refractivity contribution < 1.29 is 9.47 Å². The lowest BCUT2D eigenvalue weighted by atomic mass is 9.81. The molecule has 0 radical (unpaired) electrons. The van der Waals surface area contributed by atoms with Gasteiger partial charge in [-0.25, -0.2) is 0 Å². The second kappa shape index (κ2) is 9.87. The molecule has 1 atom stereocenters. The largest absolute Gasteiger partial charge is 0.488 e. The molecule has 34 heavy (non-hydrogen) atoms. The van der Waals surface area contributed by atoms with E-state index in [1.165, 1.54) is 24.8 Å². The predicted molar refractivity (Wildman–Crippen MR) is 136 cm³/mol. The van der Waals surface area contributed by atoms with E-state index in [0.29, 0.717) is 30.1 Å². The summed E-state index contributed by atoms with van der Waals surface area (Å²) in [5, 5.41) is 0. The van der Waals surface area contributed by atoms with Gasteiger partial charge in [-0.3, -0.25) is 19.5 Å². The SMILES string of the molecule is CCCC1(c2c(OCC(C)(C)C)c(=O)c2=O)N=CC=C1Oc1cccc(CN2CCCCC2)c1. The van der Waals surface area contributed by atoms with Crippen molar-refractivity contribution in [3.8, 4) is 11.5 Å². The van der Waals surface area contributed by atoms with Gasteiger partial charge in [0.2, 0.25) is 5.43 Å². The maximum absolute atomic E-state index is 12.8. The predicted octanol–water partition coefficient (Wildman–Crippen LogP) is 4.74. The number of piperidine rings is 1. The van der Waals surface area contributed by atoms with Crippen LogP contribution in [-0.2, 0) is 12.1 Å². The fraction of sp³-hybridized carbons (Fsp3) is 0.536. The fourth-order valence-corrected chi connectivity index (χ4v) is 4.80. The monoisotopic (exact) mass is 464 g/mol. The summed E-state index contributed by atoms with van der Waals surface area (Å²) in [6, 6.07) is 8.11. The first kappa shape index (κ1) is 24.4. The van der Waals surface area contributed by atoms with Crippen LogP contribution in [0.1, 0.15) is 70.9 Å². The first-order valence-electron chi connectivity index (χ1n) is 12.5. The summed E-state index contributed by atoms with van der Waals surface area (Å²) in [6.45, 7) is 11.6. The van der Waals surface area contributed by atoms with Gasteiger partial charge in [0.25, 0.3) is 5.43 Å². The topological polar surface area (TPSA) is 68.2 Å². The van der Waals surface area contributed by atoms with Crippen LogP contribution in [-0.4, -0.2) is 30.8 Å². The molecule has 6 heteroatoms. The fourth-order valence-electron chi connectivity index (χ4n) is 4.80. The highest BCUT2D eigenvalue weighted by atomic mass is 16.5. The number of hydrogen-bond donors (Lipinski definition) is 0. The molecule has 1 unspecified atom stereocenters. The second-order valence-corrected chi connectivity index (χ2v) is 10.7. The Hall–Kier alpha value is -2.73. The van der Waals surface area contributed by atoms with Crippen LogP contribution in [0.4, 0.5) is 0 Å². The molecule has 2 aliphatic rings. The molecule has 0 amide bonds. The highest BCUT2D eigenvalue weighted by Gasteiger charge is 2.47. The Morgan fingerprint density at radius 3 is 2.56 bits per heavy atom. The quantitative estimate of drug-likeness (QED) is 0.502. The zero-order chi connectivity index (χ0) is 24.3. The van der Waals surface area contributed by atoms with E-state index in [-0.39, 0.29) is 11.2 Å². The van der Waals surface area contributed by atoms with Gasteiger partial charge in [-0.1, -0.05) is 52.7 Å². The third-order valence-corrected chi connectivity index (χ3v) is 6.45. The maximum Gasteiger partial charge on any atom is 0.268 e. The van der Waals surface area contributed by atoms with E-state index in [1.807, 2.05) is 39.8 Å². The molecule has 0 spiro atoms. The highest BCUT2D eigenvalue weighted by Crippen LogP contribution is 2.44. The Bertz CT molecular complexity index is 1140. The summed E-state index contributed by atoms with van der Waals surface area (Å²) in [5.74, 6) is 1.42. The Balaban J connectivity index is 1.59. The van der Waals surface area contributed by atoms with Gasteiger partial charge in [0.15, 0.2) is 11.3 Å². The van der Waals surface area contributed by atoms with Gasteiger partial charge in [0.05, 0.1) is 12.2 Å². The van der Waals surface area contributed by atoms with E-state index in [0.717, 1.165) is 26.1 Å². The van der Waals surface area contributed by atoms with Crippen LogP contribution < -0.4 is 20.3 Å². The van der Waals surface area contributed by atoms with Crippen LogP contribution in [0, 0.1) is 5.41 Å². The van der Waals surface area contributed by atoms with E-state index in [9.17, 15) is 9.59 Å². The highest BCUT2D eigenvalue weighted by molar-refractivity contribution is 5.78. The molecule has 2 aliphatic heterocycles. The number of nitrogens with zero attached hydrogens (tertiary/aromatic N) is 2. The molecule has 2 heterocycles. The molecule has 0 aromatic heterocycles. The number of benzene rings is 1. The lowest BCUT2D eigenvalue weighted by Gasteiger charge is -2.32. The van der Waals surface area contributed by atoms with Crippen LogP contribution in [0.25, 0.3) is 0 Å². The van der Waals surface area contributed by atoms with Crippen molar-refractivity contribution in [2.45, 2.75) is 71.9 Å². The summed E-state index contributed by atoms with van der Waals surface area (Å²) in [5.41, 5.74) is -0.728. The Kier molecular flexibility index (Phi) is 7.08. The average molecular weight is 465 g/mol. The van der Waals surface area contributed by atoms with Crippen LogP contribution >= 0.6 is 0 Å². The third-order valence-electron chi connectivity index (χ3n) is 6.45. The third kappa shape index (κ3) is 5.02. The standard InChI is InChI=1S/C28H36N2O4/c1-5-13-28(23-24(31)25(32)26(23)33-19-27(2,3)4)22(12-14-29-28)34-21-11-9-10-20(17-21)18-30-15-7-6-8-16-30/h9-12,14,17H,5-8,13,15-16,18-19H2,1-4H3.